The van der Waals surface area contributed by atoms with E-state index in [9.17, 15) is 0 Å². The second-order valence-corrected chi connectivity index (χ2v) is 10.3. The van der Waals surface area contributed by atoms with Crippen LogP contribution in [0, 0.1) is 20.8 Å². The minimum Gasteiger partial charge on any atom is -0.309 e. The van der Waals surface area contributed by atoms with Gasteiger partial charge in [0.15, 0.2) is 0 Å². The molecule has 0 spiro atoms. The van der Waals surface area contributed by atoms with Crippen LogP contribution in [0.3, 0.4) is 0 Å². The van der Waals surface area contributed by atoms with Crippen molar-refractivity contribution in [2.75, 3.05) is 0 Å². The summed E-state index contributed by atoms with van der Waals surface area (Å²) in [5.74, 6) is 0.948. The highest BCUT2D eigenvalue weighted by Crippen LogP contribution is 2.37. The van der Waals surface area contributed by atoms with Crippen molar-refractivity contribution in [3.63, 3.8) is 0 Å². The summed E-state index contributed by atoms with van der Waals surface area (Å²) < 4.78 is 4.63. The predicted molar refractivity (Wildman–Crippen MR) is 163 cm³/mol. The topological polar surface area (TPSA) is 22.8 Å². The molecule has 5 aromatic carbocycles. The van der Waals surface area contributed by atoms with E-state index in [4.69, 9.17) is 4.98 Å². The van der Waals surface area contributed by atoms with Crippen molar-refractivity contribution < 1.29 is 0 Å². The zero-order valence-electron chi connectivity index (χ0n) is 22.4. The van der Waals surface area contributed by atoms with Gasteiger partial charge in [0, 0.05) is 33.8 Å². The maximum absolute atomic E-state index is 5.28. The number of hydrogen-bond acceptors (Lipinski definition) is 1. The van der Waals surface area contributed by atoms with Gasteiger partial charge in [0.25, 0.3) is 0 Å². The van der Waals surface area contributed by atoms with Crippen LogP contribution in [0.4, 0.5) is 0 Å². The Morgan fingerprint density at radius 2 is 1.23 bits per heavy atom. The summed E-state index contributed by atoms with van der Waals surface area (Å²) in [6.45, 7) is 6.50. The average Bonchev–Trinajstić information content (AvgIpc) is 3.53. The summed E-state index contributed by atoms with van der Waals surface area (Å²) >= 11 is 0. The Bertz CT molecular complexity index is 1970. The zero-order chi connectivity index (χ0) is 26.5. The molecule has 0 unspecified atom stereocenters. The third kappa shape index (κ3) is 3.78. The molecule has 7 aromatic rings. The molecule has 3 heteroatoms. The second kappa shape index (κ2) is 9.14. The van der Waals surface area contributed by atoms with Crippen molar-refractivity contribution in [1.82, 2.24) is 14.1 Å². The third-order valence-electron chi connectivity index (χ3n) is 7.75. The maximum Gasteiger partial charge on any atom is 0.145 e. The van der Waals surface area contributed by atoms with Crippen LogP contribution in [0.5, 0.6) is 0 Å². The lowest BCUT2D eigenvalue weighted by molar-refractivity contribution is 1.03. The van der Waals surface area contributed by atoms with E-state index in [0.29, 0.717) is 0 Å². The molecule has 0 saturated carbocycles. The highest BCUT2D eigenvalue weighted by atomic mass is 15.1. The number of aromatic nitrogens is 3. The molecule has 7 rings (SSSR count). The molecular weight excluding hydrogens is 474 g/mol. The van der Waals surface area contributed by atoms with Gasteiger partial charge in [-0.25, -0.2) is 4.98 Å². The van der Waals surface area contributed by atoms with Gasteiger partial charge >= 0.3 is 0 Å². The van der Waals surface area contributed by atoms with Crippen LogP contribution in [-0.4, -0.2) is 14.1 Å². The number of fused-ring (bicyclic) bond motifs is 3. The summed E-state index contributed by atoms with van der Waals surface area (Å²) in [5.41, 5.74) is 11.7. The number of rotatable bonds is 4. The first-order valence-electron chi connectivity index (χ1n) is 13.4. The number of benzene rings is 5. The van der Waals surface area contributed by atoms with Crippen molar-refractivity contribution >= 4 is 21.8 Å². The number of nitrogens with zero attached hydrogens (tertiary/aromatic N) is 3. The number of imidazole rings is 1. The van der Waals surface area contributed by atoms with E-state index in [1.807, 2.05) is 0 Å². The molecule has 188 valence electrons. The predicted octanol–water partition coefficient (Wildman–Crippen LogP) is 9.23. The van der Waals surface area contributed by atoms with Crippen LogP contribution < -0.4 is 0 Å². The van der Waals surface area contributed by atoms with Crippen LogP contribution in [0.2, 0.25) is 0 Å². The normalized spacial score (nSPS) is 11.5. The van der Waals surface area contributed by atoms with Crippen LogP contribution in [-0.2, 0) is 0 Å². The molecule has 0 aliphatic heterocycles. The Kier molecular flexibility index (Phi) is 5.45. The Morgan fingerprint density at radius 3 is 2.03 bits per heavy atom. The number of aryl methyl sites for hydroxylation is 3. The van der Waals surface area contributed by atoms with E-state index < -0.39 is 0 Å². The molecule has 0 saturated heterocycles. The lowest BCUT2D eigenvalue weighted by Gasteiger charge is -2.14. The molecule has 0 atom stereocenters. The molecule has 0 bridgehead atoms. The standard InChI is InChI=1S/C36H29N3/c1-24-12-7-8-17-29(24)32-23-38(35-25(2)13-11-14-26(35)3)36(37-32)27-20-21-34-31(22-27)30-18-9-10-19-33(30)39(34)28-15-5-4-6-16-28/h4-23H,1-3H3. The molecule has 2 heterocycles. The summed E-state index contributed by atoms with van der Waals surface area (Å²) in [6, 6.07) is 41.0. The van der Waals surface area contributed by atoms with E-state index in [-0.39, 0.29) is 0 Å². The molecule has 0 aliphatic carbocycles. The lowest BCUT2D eigenvalue weighted by Crippen LogP contribution is -2.01. The van der Waals surface area contributed by atoms with Gasteiger partial charge in [-0.15, -0.1) is 0 Å². The maximum atomic E-state index is 5.28. The number of para-hydroxylation sites is 3. The smallest absolute Gasteiger partial charge is 0.145 e. The van der Waals surface area contributed by atoms with E-state index in [0.717, 1.165) is 28.3 Å². The van der Waals surface area contributed by atoms with Crippen molar-refractivity contribution in [1.29, 1.82) is 0 Å². The highest BCUT2D eigenvalue weighted by molar-refractivity contribution is 6.10. The summed E-state index contributed by atoms with van der Waals surface area (Å²) in [7, 11) is 0. The van der Waals surface area contributed by atoms with Crippen molar-refractivity contribution in [2.24, 2.45) is 0 Å². The van der Waals surface area contributed by atoms with Crippen molar-refractivity contribution in [2.45, 2.75) is 20.8 Å². The van der Waals surface area contributed by atoms with Crippen LogP contribution in [0.25, 0.3) is 55.8 Å². The lowest BCUT2D eigenvalue weighted by atomic mass is 10.1. The van der Waals surface area contributed by atoms with Crippen molar-refractivity contribution in [3.8, 4) is 34.0 Å². The van der Waals surface area contributed by atoms with Gasteiger partial charge in [0.2, 0.25) is 0 Å². The minimum atomic E-state index is 0.948. The van der Waals surface area contributed by atoms with Gasteiger partial charge in [-0.05, 0) is 73.9 Å². The van der Waals surface area contributed by atoms with E-state index >= 15 is 0 Å². The fraction of sp³-hybridized carbons (Fsp3) is 0.0833. The second-order valence-electron chi connectivity index (χ2n) is 10.3. The summed E-state index contributed by atoms with van der Waals surface area (Å²) in [5, 5.41) is 2.46. The van der Waals surface area contributed by atoms with Gasteiger partial charge in [0.05, 0.1) is 22.4 Å². The van der Waals surface area contributed by atoms with Gasteiger partial charge in [-0.3, -0.25) is 4.57 Å². The van der Waals surface area contributed by atoms with Gasteiger partial charge in [0.1, 0.15) is 5.82 Å². The zero-order valence-corrected chi connectivity index (χ0v) is 22.4. The van der Waals surface area contributed by atoms with Crippen molar-refractivity contribution in [3.05, 3.63) is 138 Å². The Labute approximate surface area is 228 Å². The SMILES string of the molecule is Cc1ccccc1-c1cn(-c2c(C)cccc2C)c(-c2ccc3c(c2)c2ccccc2n3-c2ccccc2)n1. The third-order valence-corrected chi connectivity index (χ3v) is 7.75. The largest absolute Gasteiger partial charge is 0.309 e. The van der Waals surface area contributed by atoms with Gasteiger partial charge in [-0.1, -0.05) is 78.9 Å². The van der Waals surface area contributed by atoms with E-state index in [1.54, 1.807) is 0 Å². The summed E-state index contributed by atoms with van der Waals surface area (Å²) in [6.07, 6.45) is 2.20. The monoisotopic (exact) mass is 503 g/mol. The first-order chi connectivity index (χ1) is 19.1. The highest BCUT2D eigenvalue weighted by Gasteiger charge is 2.19. The molecule has 0 N–H and O–H groups in total. The quantitative estimate of drug-likeness (QED) is 0.235. The average molecular weight is 504 g/mol. The van der Waals surface area contributed by atoms with E-state index in [1.165, 1.54) is 44.2 Å². The van der Waals surface area contributed by atoms with Gasteiger partial charge in [-0.2, -0.15) is 0 Å². The van der Waals surface area contributed by atoms with E-state index in [2.05, 4.69) is 151 Å². The Morgan fingerprint density at radius 1 is 0.564 bits per heavy atom. The summed E-state index contributed by atoms with van der Waals surface area (Å²) in [4.78, 5) is 5.28. The molecular formula is C36H29N3. The molecule has 0 aliphatic rings. The van der Waals surface area contributed by atoms with Crippen LogP contribution >= 0.6 is 0 Å². The molecule has 0 amide bonds. The molecule has 39 heavy (non-hydrogen) atoms. The molecule has 2 aromatic heterocycles. The molecule has 3 nitrogen and oxygen atoms in total. The first kappa shape index (κ1) is 23.2. The number of hydrogen-bond donors (Lipinski definition) is 0. The fourth-order valence-corrected chi connectivity index (χ4v) is 5.90. The van der Waals surface area contributed by atoms with Crippen LogP contribution in [0.15, 0.2) is 121 Å². The Hall–Kier alpha value is -4.89. The first-order valence-corrected chi connectivity index (χ1v) is 13.4. The molecule has 0 fully saturated rings. The van der Waals surface area contributed by atoms with Gasteiger partial charge < -0.3 is 4.57 Å². The Balaban J connectivity index is 1.51. The molecule has 0 radical (unpaired) electrons. The van der Waals surface area contributed by atoms with Crippen LogP contribution in [0.1, 0.15) is 16.7 Å². The fourth-order valence-electron chi connectivity index (χ4n) is 5.90. The minimum absolute atomic E-state index is 0.948.